The number of carbonyl (C=O) groups excluding carboxylic acids is 2. The third kappa shape index (κ3) is 5.06. The van der Waals surface area contributed by atoms with E-state index in [1.807, 2.05) is 68.4 Å². The van der Waals surface area contributed by atoms with Gasteiger partial charge in [-0.15, -0.1) is 0 Å². The highest BCUT2D eigenvalue weighted by molar-refractivity contribution is 6.11. The largest absolute Gasteiger partial charge is 0.481 e. The maximum atomic E-state index is 13.2. The highest BCUT2D eigenvalue weighted by Gasteiger charge is 2.22. The SMILES string of the molecule is CCN(C(=O)c1ccccc1NC(=O)C(C)Oc1ccc(C)cc1)c1ccccc1. The number of nitrogens with one attached hydrogen (secondary N) is 1. The van der Waals surface area contributed by atoms with Crippen molar-refractivity contribution in [3.8, 4) is 5.75 Å². The summed E-state index contributed by atoms with van der Waals surface area (Å²) >= 11 is 0. The van der Waals surface area contributed by atoms with Crippen molar-refractivity contribution in [2.24, 2.45) is 0 Å². The molecule has 0 aromatic heterocycles. The van der Waals surface area contributed by atoms with Gasteiger partial charge in [-0.1, -0.05) is 48.0 Å². The van der Waals surface area contributed by atoms with Gasteiger partial charge in [-0.2, -0.15) is 0 Å². The minimum Gasteiger partial charge on any atom is -0.481 e. The van der Waals surface area contributed by atoms with Crippen LogP contribution < -0.4 is 15.0 Å². The average molecular weight is 402 g/mol. The standard InChI is InChI=1S/C25H26N2O3/c1-4-27(20-10-6-5-7-11-20)25(29)22-12-8-9-13-23(22)26-24(28)19(3)30-21-16-14-18(2)15-17-21/h5-17,19H,4H2,1-3H3,(H,26,28). The van der Waals surface area contributed by atoms with Crippen molar-refractivity contribution >= 4 is 23.2 Å². The lowest BCUT2D eigenvalue weighted by Crippen LogP contribution is -2.33. The molecule has 30 heavy (non-hydrogen) atoms. The van der Waals surface area contributed by atoms with Gasteiger partial charge in [-0.25, -0.2) is 0 Å². The first-order valence-corrected chi connectivity index (χ1v) is 9.99. The summed E-state index contributed by atoms with van der Waals surface area (Å²) in [6.45, 7) is 6.10. The molecule has 0 aliphatic rings. The lowest BCUT2D eigenvalue weighted by atomic mass is 10.1. The zero-order valence-corrected chi connectivity index (χ0v) is 17.5. The van der Waals surface area contributed by atoms with E-state index in [2.05, 4.69) is 5.32 Å². The summed E-state index contributed by atoms with van der Waals surface area (Å²) in [5.74, 6) is 0.124. The minimum absolute atomic E-state index is 0.174. The number of anilines is 2. The van der Waals surface area contributed by atoms with E-state index in [0.717, 1.165) is 11.3 Å². The second kappa shape index (κ2) is 9.74. The van der Waals surface area contributed by atoms with Crippen LogP contribution in [-0.2, 0) is 4.79 Å². The number of para-hydroxylation sites is 2. The molecule has 0 fully saturated rings. The Bertz CT molecular complexity index is 1000. The van der Waals surface area contributed by atoms with Crippen LogP contribution in [0.25, 0.3) is 0 Å². The first kappa shape index (κ1) is 21.1. The number of amides is 2. The van der Waals surface area contributed by atoms with Crippen molar-refractivity contribution in [3.63, 3.8) is 0 Å². The molecule has 0 saturated heterocycles. The van der Waals surface area contributed by atoms with Crippen molar-refractivity contribution in [3.05, 3.63) is 90.0 Å². The molecule has 0 radical (unpaired) electrons. The zero-order valence-electron chi connectivity index (χ0n) is 17.5. The number of carbonyl (C=O) groups is 2. The molecule has 3 rings (SSSR count). The van der Waals surface area contributed by atoms with Gasteiger partial charge in [0.15, 0.2) is 6.10 Å². The summed E-state index contributed by atoms with van der Waals surface area (Å²) in [6.07, 6.45) is -0.715. The molecular formula is C25H26N2O3. The van der Waals surface area contributed by atoms with Crippen molar-refractivity contribution in [2.45, 2.75) is 26.9 Å². The van der Waals surface area contributed by atoms with Gasteiger partial charge in [0.1, 0.15) is 5.75 Å². The monoisotopic (exact) mass is 402 g/mol. The second-order valence-corrected chi connectivity index (χ2v) is 6.99. The predicted molar refractivity (Wildman–Crippen MR) is 120 cm³/mol. The highest BCUT2D eigenvalue weighted by Crippen LogP contribution is 2.22. The summed E-state index contributed by atoms with van der Waals surface area (Å²) in [7, 11) is 0. The molecule has 1 atom stereocenters. The van der Waals surface area contributed by atoms with Gasteiger partial charge < -0.3 is 15.0 Å². The zero-order chi connectivity index (χ0) is 21.5. The molecule has 1 unspecified atom stereocenters. The number of nitrogens with zero attached hydrogens (tertiary/aromatic N) is 1. The average Bonchev–Trinajstić information content (AvgIpc) is 2.77. The molecular weight excluding hydrogens is 376 g/mol. The van der Waals surface area contributed by atoms with E-state index >= 15 is 0 Å². The van der Waals surface area contributed by atoms with Crippen molar-refractivity contribution in [1.29, 1.82) is 0 Å². The number of benzene rings is 3. The Morgan fingerprint density at radius 3 is 2.23 bits per heavy atom. The van der Waals surface area contributed by atoms with E-state index in [4.69, 9.17) is 4.74 Å². The van der Waals surface area contributed by atoms with Crippen molar-refractivity contribution < 1.29 is 14.3 Å². The van der Waals surface area contributed by atoms with Gasteiger partial charge in [0.05, 0.1) is 11.3 Å². The Morgan fingerprint density at radius 2 is 1.57 bits per heavy atom. The summed E-state index contributed by atoms with van der Waals surface area (Å²) in [6, 6.07) is 24.0. The van der Waals surface area contributed by atoms with Crippen LogP contribution in [0.15, 0.2) is 78.9 Å². The molecule has 5 nitrogen and oxygen atoms in total. The molecule has 5 heteroatoms. The number of hydrogen-bond donors (Lipinski definition) is 1. The van der Waals surface area contributed by atoms with Gasteiger partial charge in [0, 0.05) is 12.2 Å². The normalized spacial score (nSPS) is 11.4. The van der Waals surface area contributed by atoms with Gasteiger partial charge in [-0.05, 0) is 57.2 Å². The van der Waals surface area contributed by atoms with Crippen LogP contribution in [0.1, 0.15) is 29.8 Å². The molecule has 0 aliphatic carbocycles. The first-order chi connectivity index (χ1) is 14.5. The van der Waals surface area contributed by atoms with E-state index in [1.165, 1.54) is 0 Å². The summed E-state index contributed by atoms with van der Waals surface area (Å²) in [4.78, 5) is 27.6. The second-order valence-electron chi connectivity index (χ2n) is 6.99. The Balaban J connectivity index is 1.76. The third-order valence-electron chi connectivity index (χ3n) is 4.75. The summed E-state index contributed by atoms with van der Waals surface area (Å²) in [5.41, 5.74) is 2.81. The Hall–Kier alpha value is -3.60. The predicted octanol–water partition coefficient (Wildman–Crippen LogP) is 5.07. The minimum atomic E-state index is -0.715. The molecule has 0 spiro atoms. The summed E-state index contributed by atoms with van der Waals surface area (Å²) < 4.78 is 5.73. The quantitative estimate of drug-likeness (QED) is 0.600. The molecule has 0 bridgehead atoms. The van der Waals surface area contributed by atoms with Crippen LogP contribution in [0.4, 0.5) is 11.4 Å². The molecule has 0 aliphatic heterocycles. The van der Waals surface area contributed by atoms with E-state index in [1.54, 1.807) is 36.1 Å². The van der Waals surface area contributed by atoms with E-state index in [0.29, 0.717) is 23.5 Å². The molecule has 2 amide bonds. The van der Waals surface area contributed by atoms with E-state index < -0.39 is 6.10 Å². The Morgan fingerprint density at radius 1 is 0.933 bits per heavy atom. The van der Waals surface area contributed by atoms with Crippen LogP contribution in [0.3, 0.4) is 0 Å². The van der Waals surface area contributed by atoms with E-state index in [9.17, 15) is 9.59 Å². The molecule has 1 N–H and O–H groups in total. The van der Waals surface area contributed by atoms with Gasteiger partial charge in [0.2, 0.25) is 0 Å². The molecule has 0 heterocycles. The third-order valence-corrected chi connectivity index (χ3v) is 4.75. The van der Waals surface area contributed by atoms with Gasteiger partial charge in [-0.3, -0.25) is 9.59 Å². The fourth-order valence-corrected chi connectivity index (χ4v) is 3.08. The van der Waals surface area contributed by atoms with Crippen LogP contribution in [0, 0.1) is 6.92 Å². The number of aryl methyl sites for hydroxylation is 1. The lowest BCUT2D eigenvalue weighted by molar-refractivity contribution is -0.122. The molecule has 0 saturated carbocycles. The van der Waals surface area contributed by atoms with Crippen LogP contribution in [-0.4, -0.2) is 24.5 Å². The summed E-state index contributed by atoms with van der Waals surface area (Å²) in [5, 5.41) is 2.84. The number of rotatable bonds is 7. The lowest BCUT2D eigenvalue weighted by Gasteiger charge is -2.23. The molecule has 154 valence electrons. The van der Waals surface area contributed by atoms with E-state index in [-0.39, 0.29) is 11.8 Å². The van der Waals surface area contributed by atoms with Crippen LogP contribution in [0.5, 0.6) is 5.75 Å². The van der Waals surface area contributed by atoms with Crippen molar-refractivity contribution in [1.82, 2.24) is 0 Å². The van der Waals surface area contributed by atoms with Crippen LogP contribution in [0.2, 0.25) is 0 Å². The fraction of sp³-hybridized carbons (Fsp3) is 0.200. The Kier molecular flexibility index (Phi) is 6.86. The Labute approximate surface area is 177 Å². The first-order valence-electron chi connectivity index (χ1n) is 9.99. The topological polar surface area (TPSA) is 58.6 Å². The van der Waals surface area contributed by atoms with Gasteiger partial charge in [0.25, 0.3) is 11.8 Å². The molecule has 3 aromatic carbocycles. The highest BCUT2D eigenvalue weighted by atomic mass is 16.5. The smallest absolute Gasteiger partial charge is 0.265 e. The maximum absolute atomic E-state index is 13.2. The molecule has 3 aromatic rings. The fourth-order valence-electron chi connectivity index (χ4n) is 3.08. The maximum Gasteiger partial charge on any atom is 0.265 e. The van der Waals surface area contributed by atoms with Gasteiger partial charge >= 0.3 is 0 Å². The number of hydrogen-bond acceptors (Lipinski definition) is 3. The van der Waals surface area contributed by atoms with Crippen molar-refractivity contribution in [2.75, 3.05) is 16.8 Å². The van der Waals surface area contributed by atoms with Crippen LogP contribution >= 0.6 is 0 Å². The number of ether oxygens (including phenoxy) is 1.